The van der Waals surface area contributed by atoms with E-state index in [4.69, 9.17) is 0 Å². The highest BCUT2D eigenvalue weighted by atomic mass is 79.9. The number of benzene rings is 2. The normalized spacial score (nSPS) is 13.2. The Hall–Kier alpha value is -1.81. The molecule has 0 fully saturated rings. The molecular formula is C16H15BrN2O. The average molecular weight is 331 g/mol. The molecule has 1 amide bonds. The van der Waals surface area contributed by atoms with Gasteiger partial charge in [0.2, 0.25) is 0 Å². The first-order valence-electron chi connectivity index (χ1n) is 6.67. The Labute approximate surface area is 126 Å². The van der Waals surface area contributed by atoms with Gasteiger partial charge in [0.05, 0.1) is 5.69 Å². The highest BCUT2D eigenvalue weighted by Crippen LogP contribution is 2.25. The van der Waals surface area contributed by atoms with Crippen LogP contribution >= 0.6 is 15.9 Å². The number of para-hydroxylation sites is 1. The van der Waals surface area contributed by atoms with Crippen LogP contribution in [-0.4, -0.2) is 12.5 Å². The summed E-state index contributed by atoms with van der Waals surface area (Å²) in [5.41, 5.74) is 3.85. The monoisotopic (exact) mass is 330 g/mol. The van der Waals surface area contributed by atoms with Crippen molar-refractivity contribution >= 4 is 33.2 Å². The number of rotatable bonds is 2. The van der Waals surface area contributed by atoms with Gasteiger partial charge in [0.1, 0.15) is 0 Å². The molecule has 0 aromatic heterocycles. The van der Waals surface area contributed by atoms with Gasteiger partial charge in [0.25, 0.3) is 5.91 Å². The number of nitrogens with one attached hydrogen (secondary N) is 2. The van der Waals surface area contributed by atoms with Crippen molar-refractivity contribution in [3.63, 3.8) is 0 Å². The molecule has 0 spiro atoms. The van der Waals surface area contributed by atoms with E-state index >= 15 is 0 Å². The summed E-state index contributed by atoms with van der Waals surface area (Å²) in [5, 5.41) is 6.28. The van der Waals surface area contributed by atoms with Crippen LogP contribution < -0.4 is 10.6 Å². The Bertz CT molecular complexity index is 655. The second-order valence-corrected chi connectivity index (χ2v) is 5.69. The molecule has 102 valence electrons. The van der Waals surface area contributed by atoms with Gasteiger partial charge < -0.3 is 10.6 Å². The fourth-order valence-electron chi connectivity index (χ4n) is 2.37. The molecule has 4 heteroatoms. The maximum absolute atomic E-state index is 12.3. The third-order valence-electron chi connectivity index (χ3n) is 3.43. The highest BCUT2D eigenvalue weighted by Gasteiger charge is 2.13. The molecule has 0 unspecified atom stereocenters. The Balaban J connectivity index is 1.82. The number of aryl methyl sites for hydroxylation is 1. The number of amides is 1. The molecule has 2 aromatic carbocycles. The fraction of sp³-hybridized carbons (Fsp3) is 0.188. The molecule has 0 radical (unpaired) electrons. The van der Waals surface area contributed by atoms with Gasteiger partial charge in [-0.3, -0.25) is 4.79 Å². The Kier molecular flexibility index (Phi) is 3.74. The Morgan fingerprint density at radius 3 is 2.90 bits per heavy atom. The molecule has 0 bridgehead atoms. The number of hydrogen-bond donors (Lipinski definition) is 2. The van der Waals surface area contributed by atoms with E-state index in [2.05, 4.69) is 26.6 Å². The predicted molar refractivity (Wildman–Crippen MR) is 85.3 cm³/mol. The first-order chi connectivity index (χ1) is 9.74. The van der Waals surface area contributed by atoms with Crippen LogP contribution in [0.5, 0.6) is 0 Å². The number of carbonyl (C=O) groups excluding carboxylic acids is 1. The molecule has 0 saturated carbocycles. The van der Waals surface area contributed by atoms with Crippen molar-refractivity contribution < 1.29 is 4.79 Å². The minimum Gasteiger partial charge on any atom is -0.385 e. The second-order valence-electron chi connectivity index (χ2n) is 4.84. The van der Waals surface area contributed by atoms with Gasteiger partial charge in [-0.25, -0.2) is 0 Å². The fourth-order valence-corrected chi connectivity index (χ4v) is 2.76. The van der Waals surface area contributed by atoms with Crippen molar-refractivity contribution in [2.75, 3.05) is 17.2 Å². The van der Waals surface area contributed by atoms with Gasteiger partial charge in [0, 0.05) is 22.3 Å². The summed E-state index contributed by atoms with van der Waals surface area (Å²) in [7, 11) is 0. The molecule has 3 nitrogen and oxygen atoms in total. The number of carbonyl (C=O) groups is 1. The number of anilines is 2. The van der Waals surface area contributed by atoms with Gasteiger partial charge >= 0.3 is 0 Å². The second kappa shape index (κ2) is 5.67. The maximum atomic E-state index is 12.3. The van der Waals surface area contributed by atoms with Crippen LogP contribution in [0.15, 0.2) is 46.9 Å². The lowest BCUT2D eigenvalue weighted by Crippen LogP contribution is -2.15. The summed E-state index contributed by atoms with van der Waals surface area (Å²) in [6.45, 7) is 1.01. The zero-order chi connectivity index (χ0) is 13.9. The molecule has 3 rings (SSSR count). The van der Waals surface area contributed by atoms with Crippen LogP contribution in [-0.2, 0) is 6.42 Å². The topological polar surface area (TPSA) is 41.1 Å². The quantitative estimate of drug-likeness (QED) is 0.871. The molecule has 2 aromatic rings. The summed E-state index contributed by atoms with van der Waals surface area (Å²) < 4.78 is 0.882. The number of hydrogen-bond acceptors (Lipinski definition) is 2. The average Bonchev–Trinajstić information content (AvgIpc) is 2.49. The first-order valence-corrected chi connectivity index (χ1v) is 7.46. The molecule has 2 N–H and O–H groups in total. The largest absolute Gasteiger partial charge is 0.385 e. The first kappa shape index (κ1) is 13.2. The minimum atomic E-state index is -0.0785. The lowest BCUT2D eigenvalue weighted by molar-refractivity contribution is 0.102. The van der Waals surface area contributed by atoms with Crippen LogP contribution in [0.2, 0.25) is 0 Å². The van der Waals surface area contributed by atoms with E-state index in [0.29, 0.717) is 5.56 Å². The predicted octanol–water partition coefficient (Wildman–Crippen LogP) is 4.06. The minimum absolute atomic E-state index is 0.0785. The van der Waals surface area contributed by atoms with Crippen LogP contribution in [0, 0.1) is 0 Å². The molecule has 0 atom stereocenters. The maximum Gasteiger partial charge on any atom is 0.255 e. The molecule has 1 aliphatic rings. The van der Waals surface area contributed by atoms with E-state index in [0.717, 1.165) is 35.2 Å². The van der Waals surface area contributed by atoms with Crippen LogP contribution in [0.3, 0.4) is 0 Å². The van der Waals surface area contributed by atoms with Crippen LogP contribution in [0.1, 0.15) is 22.3 Å². The summed E-state index contributed by atoms with van der Waals surface area (Å²) >= 11 is 3.43. The number of fused-ring (bicyclic) bond motifs is 1. The van der Waals surface area contributed by atoms with Crippen molar-refractivity contribution in [1.82, 2.24) is 0 Å². The highest BCUT2D eigenvalue weighted by molar-refractivity contribution is 9.10. The zero-order valence-corrected chi connectivity index (χ0v) is 12.5. The molecule has 20 heavy (non-hydrogen) atoms. The van der Waals surface area contributed by atoms with Crippen molar-refractivity contribution in [3.8, 4) is 0 Å². The van der Waals surface area contributed by atoms with E-state index < -0.39 is 0 Å². The Morgan fingerprint density at radius 2 is 2.05 bits per heavy atom. The SMILES string of the molecule is O=C(Nc1ccccc1Br)c1ccc2c(c1)CCCN2. The molecular weight excluding hydrogens is 316 g/mol. The molecule has 1 aliphatic heterocycles. The van der Waals surface area contributed by atoms with Gasteiger partial charge in [0.15, 0.2) is 0 Å². The van der Waals surface area contributed by atoms with E-state index in [-0.39, 0.29) is 5.91 Å². The van der Waals surface area contributed by atoms with E-state index in [1.54, 1.807) is 0 Å². The standard InChI is InChI=1S/C16H15BrN2O/c17-13-5-1-2-6-15(13)19-16(20)12-7-8-14-11(10-12)4-3-9-18-14/h1-2,5-8,10,18H,3-4,9H2,(H,19,20). The van der Waals surface area contributed by atoms with E-state index in [1.165, 1.54) is 5.56 Å². The Morgan fingerprint density at radius 1 is 1.20 bits per heavy atom. The van der Waals surface area contributed by atoms with Crippen molar-refractivity contribution in [2.45, 2.75) is 12.8 Å². The van der Waals surface area contributed by atoms with Gasteiger partial charge in [-0.05, 0) is 64.7 Å². The van der Waals surface area contributed by atoms with Gasteiger partial charge in [-0.2, -0.15) is 0 Å². The van der Waals surface area contributed by atoms with Crippen LogP contribution in [0.25, 0.3) is 0 Å². The summed E-state index contributed by atoms with van der Waals surface area (Å²) in [5.74, 6) is -0.0785. The zero-order valence-electron chi connectivity index (χ0n) is 10.9. The third-order valence-corrected chi connectivity index (χ3v) is 4.12. The van der Waals surface area contributed by atoms with E-state index in [1.807, 2.05) is 42.5 Å². The summed E-state index contributed by atoms with van der Waals surface area (Å²) in [4.78, 5) is 12.3. The van der Waals surface area contributed by atoms with E-state index in [9.17, 15) is 4.79 Å². The molecule has 0 saturated heterocycles. The summed E-state index contributed by atoms with van der Waals surface area (Å²) in [6.07, 6.45) is 2.14. The third kappa shape index (κ3) is 2.70. The summed E-state index contributed by atoms with van der Waals surface area (Å²) in [6, 6.07) is 13.4. The number of halogens is 1. The lowest BCUT2D eigenvalue weighted by atomic mass is 10.0. The van der Waals surface area contributed by atoms with Crippen molar-refractivity contribution in [2.24, 2.45) is 0 Å². The van der Waals surface area contributed by atoms with Crippen LogP contribution in [0.4, 0.5) is 11.4 Å². The molecule has 1 heterocycles. The van der Waals surface area contributed by atoms with Gasteiger partial charge in [-0.1, -0.05) is 12.1 Å². The smallest absolute Gasteiger partial charge is 0.255 e. The van der Waals surface area contributed by atoms with Crippen molar-refractivity contribution in [1.29, 1.82) is 0 Å². The lowest BCUT2D eigenvalue weighted by Gasteiger charge is -2.18. The van der Waals surface area contributed by atoms with Gasteiger partial charge in [-0.15, -0.1) is 0 Å². The molecule has 0 aliphatic carbocycles. The van der Waals surface area contributed by atoms with Crippen molar-refractivity contribution in [3.05, 3.63) is 58.1 Å².